The molecule has 1 aliphatic rings. The number of unbranched alkanes of at least 4 members (excludes halogenated alkanes) is 2. The number of hydrogen-bond donors (Lipinski definition) is 4. The molecule has 0 aromatic heterocycles. The normalized spacial score (nSPS) is 12.3. The van der Waals surface area contributed by atoms with E-state index in [0.717, 1.165) is 29.9 Å². The highest BCUT2D eigenvalue weighted by molar-refractivity contribution is 7.99. The highest BCUT2D eigenvalue weighted by Crippen LogP contribution is 2.11. The summed E-state index contributed by atoms with van der Waals surface area (Å²) < 4.78 is 0. The van der Waals surface area contributed by atoms with Gasteiger partial charge in [-0.3, -0.25) is 33.7 Å². The van der Waals surface area contributed by atoms with Crippen molar-refractivity contribution >= 4 is 53.5 Å². The van der Waals surface area contributed by atoms with Crippen LogP contribution >= 0.6 is 11.8 Å². The van der Waals surface area contributed by atoms with E-state index < -0.39 is 0 Å². The fourth-order valence-electron chi connectivity index (χ4n) is 2.77. The Morgan fingerprint density at radius 3 is 2.14 bits per heavy atom. The van der Waals surface area contributed by atoms with Crippen molar-refractivity contribution in [2.24, 2.45) is 0 Å². The van der Waals surface area contributed by atoms with Gasteiger partial charge in [0.05, 0.1) is 19.0 Å². The van der Waals surface area contributed by atoms with Crippen LogP contribution < -0.4 is 21.3 Å². The molecule has 1 fully saturated rings. The fraction of sp³-hybridized carbons (Fsp3) is 0.682. The third-order valence-corrected chi connectivity index (χ3v) is 5.50. The number of likely N-dealkylation sites (N-methyl/N-ethyl adjacent to an activating group) is 1. The third kappa shape index (κ3) is 18.1. The molecule has 198 valence electrons. The van der Waals surface area contributed by atoms with E-state index in [1.165, 1.54) is 0 Å². The van der Waals surface area contributed by atoms with Crippen LogP contribution in [-0.4, -0.2) is 84.4 Å². The molecule has 35 heavy (non-hydrogen) atoms. The van der Waals surface area contributed by atoms with Gasteiger partial charge in [-0.25, -0.2) is 0 Å². The lowest BCUT2D eigenvalue weighted by Gasteiger charge is -2.13. The van der Waals surface area contributed by atoms with Crippen molar-refractivity contribution in [3.63, 3.8) is 0 Å². The average Bonchev–Trinajstić information content (AvgIpc) is 3.14. The van der Waals surface area contributed by atoms with Crippen molar-refractivity contribution in [2.75, 3.05) is 37.8 Å². The number of Topliss-reactive ketones (excluding diaryl/α,β-unsaturated/α-hetero) is 1. The summed E-state index contributed by atoms with van der Waals surface area (Å²) in [4.78, 5) is 77.7. The summed E-state index contributed by atoms with van der Waals surface area (Å²) in [5, 5.41) is 9.93. The zero-order valence-electron chi connectivity index (χ0n) is 20.5. The predicted molar refractivity (Wildman–Crippen MR) is 131 cm³/mol. The Hall–Kier alpha value is -2.96. The number of nitrogens with one attached hydrogen (secondary N) is 4. The number of amides is 6. The van der Waals surface area contributed by atoms with Crippen molar-refractivity contribution in [1.82, 2.24) is 26.2 Å². The topological polar surface area (TPSA) is 171 Å². The van der Waals surface area contributed by atoms with E-state index in [2.05, 4.69) is 21.3 Å². The Bertz CT molecular complexity index is 717. The molecule has 13 heteroatoms. The van der Waals surface area contributed by atoms with E-state index in [9.17, 15) is 33.6 Å². The molecule has 1 heterocycles. The SMILES string of the molecule is CC(=O)CCCCCSCNC(=O)CNC=O.CCNC(=O)CNC(=O)CCN1C(=O)CCC1=O. The van der Waals surface area contributed by atoms with Gasteiger partial charge < -0.3 is 26.1 Å². The molecule has 0 saturated carbocycles. The van der Waals surface area contributed by atoms with Crippen LogP contribution in [0.25, 0.3) is 0 Å². The quantitative estimate of drug-likeness (QED) is 0.0866. The molecule has 0 aliphatic carbocycles. The molecule has 0 aromatic carbocycles. The summed E-state index contributed by atoms with van der Waals surface area (Å²) in [5.74, 6) is 0.500. The lowest BCUT2D eigenvalue weighted by molar-refractivity contribution is -0.139. The number of nitrogens with zero attached hydrogens (tertiary/aromatic N) is 1. The standard InChI is InChI=1S/C11H17N3O4.C11H20N2O3S/c1-2-12-9(16)7-13-8(15)5-6-14-10(17)3-4-11(14)18;1-10(15)5-3-2-4-6-17-9-13-11(16)7-12-8-14/h2-7H2,1H3,(H,12,16)(H,13,15);8H,2-7,9H2,1H3,(H,12,14)(H,13,16). The number of ketones is 1. The Balaban J connectivity index is 0.000000662. The molecule has 1 saturated heterocycles. The average molecular weight is 516 g/mol. The molecule has 0 atom stereocenters. The molecule has 0 bridgehead atoms. The smallest absolute Gasteiger partial charge is 0.240 e. The van der Waals surface area contributed by atoms with Crippen LogP contribution in [0.5, 0.6) is 0 Å². The maximum Gasteiger partial charge on any atom is 0.240 e. The maximum atomic E-state index is 11.4. The van der Waals surface area contributed by atoms with Crippen LogP contribution in [0.1, 0.15) is 58.8 Å². The van der Waals surface area contributed by atoms with Gasteiger partial charge in [0.15, 0.2) is 0 Å². The Morgan fingerprint density at radius 2 is 1.54 bits per heavy atom. The van der Waals surface area contributed by atoms with Gasteiger partial charge in [-0.1, -0.05) is 6.42 Å². The van der Waals surface area contributed by atoms with Crippen molar-refractivity contribution in [1.29, 1.82) is 0 Å². The minimum Gasteiger partial charge on any atom is -0.355 e. The van der Waals surface area contributed by atoms with Gasteiger partial charge in [0, 0.05) is 38.8 Å². The minimum absolute atomic E-state index is 0.0247. The molecule has 0 aromatic rings. The molecule has 0 radical (unpaired) electrons. The van der Waals surface area contributed by atoms with Crippen LogP contribution in [0.2, 0.25) is 0 Å². The van der Waals surface area contributed by atoms with Gasteiger partial charge in [-0.15, -0.1) is 11.8 Å². The molecule has 4 N–H and O–H groups in total. The predicted octanol–water partition coefficient (Wildman–Crippen LogP) is -0.533. The lowest BCUT2D eigenvalue weighted by atomic mass is 10.2. The number of thioether (sulfide) groups is 1. The molecule has 12 nitrogen and oxygen atoms in total. The van der Waals surface area contributed by atoms with Gasteiger partial charge >= 0.3 is 0 Å². The van der Waals surface area contributed by atoms with Crippen LogP contribution in [-0.2, 0) is 33.6 Å². The van der Waals surface area contributed by atoms with Gasteiger partial charge in [0.1, 0.15) is 5.78 Å². The molecule has 1 aliphatic heterocycles. The minimum atomic E-state index is -0.353. The van der Waals surface area contributed by atoms with E-state index in [-0.39, 0.29) is 74.2 Å². The van der Waals surface area contributed by atoms with E-state index in [0.29, 0.717) is 25.3 Å². The van der Waals surface area contributed by atoms with Crippen LogP contribution in [0.3, 0.4) is 0 Å². The zero-order chi connectivity index (χ0) is 26.5. The van der Waals surface area contributed by atoms with E-state index in [4.69, 9.17) is 0 Å². The molecule has 0 spiro atoms. The number of hydrogen-bond acceptors (Lipinski definition) is 8. The van der Waals surface area contributed by atoms with Gasteiger partial charge in [-0.05, 0) is 32.4 Å². The van der Waals surface area contributed by atoms with E-state index in [1.807, 2.05) is 0 Å². The monoisotopic (exact) mass is 515 g/mol. The second kappa shape index (κ2) is 20.4. The number of carbonyl (C=O) groups excluding carboxylic acids is 7. The third-order valence-electron chi connectivity index (χ3n) is 4.57. The molecule has 0 unspecified atom stereocenters. The summed E-state index contributed by atoms with van der Waals surface area (Å²) in [6, 6.07) is 0. The first-order valence-corrected chi connectivity index (χ1v) is 12.7. The van der Waals surface area contributed by atoms with Crippen molar-refractivity contribution < 1.29 is 33.6 Å². The summed E-state index contributed by atoms with van der Waals surface area (Å²) in [6.07, 6.45) is 4.69. The second-order valence-corrected chi connectivity index (χ2v) is 8.69. The highest BCUT2D eigenvalue weighted by Gasteiger charge is 2.28. The molecular formula is C22H37N5O7S. The number of rotatable bonds is 17. The number of likely N-dealkylation sites (tertiary alicyclic amines) is 1. The Kier molecular flexibility index (Phi) is 18.7. The first-order chi connectivity index (χ1) is 16.7. The van der Waals surface area contributed by atoms with E-state index in [1.54, 1.807) is 25.6 Å². The summed E-state index contributed by atoms with van der Waals surface area (Å²) in [7, 11) is 0. The lowest BCUT2D eigenvalue weighted by Crippen LogP contribution is -2.39. The Morgan fingerprint density at radius 1 is 0.886 bits per heavy atom. The van der Waals surface area contributed by atoms with Crippen molar-refractivity contribution in [3.05, 3.63) is 0 Å². The van der Waals surface area contributed by atoms with Gasteiger partial charge in [0.2, 0.25) is 35.9 Å². The van der Waals surface area contributed by atoms with Crippen molar-refractivity contribution in [3.8, 4) is 0 Å². The van der Waals surface area contributed by atoms with Crippen molar-refractivity contribution in [2.45, 2.75) is 58.8 Å². The molecular weight excluding hydrogens is 478 g/mol. The molecule has 6 amide bonds. The summed E-state index contributed by atoms with van der Waals surface area (Å²) in [5.41, 5.74) is 0. The Labute approximate surface area is 210 Å². The van der Waals surface area contributed by atoms with Crippen LogP contribution in [0, 0.1) is 0 Å². The number of imide groups is 1. The number of carbonyl (C=O) groups is 7. The maximum absolute atomic E-state index is 11.4. The first kappa shape index (κ1) is 32.0. The largest absolute Gasteiger partial charge is 0.355 e. The van der Waals surface area contributed by atoms with E-state index >= 15 is 0 Å². The summed E-state index contributed by atoms with van der Waals surface area (Å²) in [6.45, 7) is 3.92. The fourth-order valence-corrected chi connectivity index (χ4v) is 3.58. The zero-order valence-corrected chi connectivity index (χ0v) is 21.3. The van der Waals surface area contributed by atoms with Crippen LogP contribution in [0.4, 0.5) is 0 Å². The summed E-state index contributed by atoms with van der Waals surface area (Å²) >= 11 is 1.64. The highest BCUT2D eigenvalue weighted by atomic mass is 32.2. The van der Waals surface area contributed by atoms with Gasteiger partial charge in [-0.2, -0.15) is 0 Å². The van der Waals surface area contributed by atoms with Crippen LogP contribution in [0.15, 0.2) is 0 Å². The van der Waals surface area contributed by atoms with Gasteiger partial charge in [0.25, 0.3) is 0 Å². The molecule has 1 rings (SSSR count). The second-order valence-electron chi connectivity index (χ2n) is 7.58. The first-order valence-electron chi connectivity index (χ1n) is 11.6.